The van der Waals surface area contributed by atoms with Gasteiger partial charge in [-0.1, -0.05) is 52.3 Å². The quantitative estimate of drug-likeness (QED) is 0.448. The van der Waals surface area contributed by atoms with E-state index in [4.69, 9.17) is 10.00 Å². The number of aromatic nitrogens is 1. The lowest BCUT2D eigenvalue weighted by atomic mass is 10.1. The highest BCUT2D eigenvalue weighted by molar-refractivity contribution is 5.82. The van der Waals surface area contributed by atoms with Crippen molar-refractivity contribution in [3.05, 3.63) is 65.4 Å². The molecule has 0 spiro atoms. The van der Waals surface area contributed by atoms with Gasteiger partial charge >= 0.3 is 0 Å². The molecule has 3 rings (SSSR count). The van der Waals surface area contributed by atoms with Gasteiger partial charge in [0, 0.05) is 28.2 Å². The van der Waals surface area contributed by atoms with Gasteiger partial charge in [-0.3, -0.25) is 4.79 Å². The standard InChI is InChI=1S/C18H16N2O.C6H13NO.C3H8/c1-13-9-16-10-14(11-19)7-8-17(16)20(13)12-15-5-3-4-6-18(15)21-2;1-3-6(4-2)7-5-8;1-3-2/h3-10H,12H2,1-2H3;5-6H,3-4H2,1-2H3,(H,7,8);3H2,1-2H3. The number of methoxy groups -OCH3 is 1. The average molecular weight is 436 g/mol. The van der Waals surface area contributed by atoms with Gasteiger partial charge in [0.15, 0.2) is 0 Å². The van der Waals surface area contributed by atoms with Crippen LogP contribution in [0.2, 0.25) is 0 Å². The monoisotopic (exact) mass is 435 g/mol. The summed E-state index contributed by atoms with van der Waals surface area (Å²) in [6, 6.07) is 18.5. The number of carbonyl (C=O) groups is 1. The van der Waals surface area contributed by atoms with Gasteiger partial charge < -0.3 is 14.6 Å². The van der Waals surface area contributed by atoms with E-state index >= 15 is 0 Å². The second kappa shape index (κ2) is 14.7. The maximum Gasteiger partial charge on any atom is 0.207 e. The van der Waals surface area contributed by atoms with Crippen LogP contribution in [-0.4, -0.2) is 24.1 Å². The average Bonchev–Trinajstić information content (AvgIpc) is 3.12. The van der Waals surface area contributed by atoms with Gasteiger partial charge in [0.2, 0.25) is 6.41 Å². The number of nitriles is 1. The van der Waals surface area contributed by atoms with E-state index < -0.39 is 0 Å². The smallest absolute Gasteiger partial charge is 0.207 e. The molecule has 0 aliphatic heterocycles. The number of amides is 1. The first-order valence-corrected chi connectivity index (χ1v) is 11.3. The summed E-state index contributed by atoms with van der Waals surface area (Å²) in [4.78, 5) is 9.82. The van der Waals surface area contributed by atoms with Crippen LogP contribution in [0.1, 0.15) is 63.8 Å². The molecule has 5 heteroatoms. The van der Waals surface area contributed by atoms with Crippen molar-refractivity contribution in [2.24, 2.45) is 0 Å². The topological polar surface area (TPSA) is 67.0 Å². The zero-order valence-electron chi connectivity index (χ0n) is 20.3. The number of rotatable bonds is 7. The summed E-state index contributed by atoms with van der Waals surface area (Å²) >= 11 is 0. The Morgan fingerprint density at radius 1 is 1.09 bits per heavy atom. The summed E-state index contributed by atoms with van der Waals surface area (Å²) < 4.78 is 7.67. The maximum absolute atomic E-state index is 9.82. The molecule has 0 atom stereocenters. The summed E-state index contributed by atoms with van der Waals surface area (Å²) in [5.41, 5.74) is 4.14. The number of carbonyl (C=O) groups excluding carboxylic acids is 1. The molecule has 1 heterocycles. The first-order chi connectivity index (χ1) is 15.5. The van der Waals surface area contributed by atoms with Crippen molar-refractivity contribution in [2.45, 2.75) is 66.5 Å². The van der Waals surface area contributed by atoms with Gasteiger partial charge in [-0.05, 0) is 50.1 Å². The zero-order chi connectivity index (χ0) is 23.9. The zero-order valence-corrected chi connectivity index (χ0v) is 20.3. The Kier molecular flexibility index (Phi) is 12.3. The molecule has 1 N–H and O–H groups in total. The third-order valence-corrected chi connectivity index (χ3v) is 5.05. The van der Waals surface area contributed by atoms with Crippen LogP contribution in [0.15, 0.2) is 48.5 Å². The van der Waals surface area contributed by atoms with E-state index in [0.29, 0.717) is 11.6 Å². The Morgan fingerprint density at radius 2 is 1.75 bits per heavy atom. The van der Waals surface area contributed by atoms with Crippen LogP contribution in [0, 0.1) is 18.3 Å². The second-order valence-corrected chi connectivity index (χ2v) is 7.57. The Bertz CT molecular complexity index is 998. The molecule has 172 valence electrons. The number of para-hydroxylation sites is 1. The fourth-order valence-corrected chi connectivity index (χ4v) is 3.31. The number of fused-ring (bicyclic) bond motifs is 1. The predicted octanol–water partition coefficient (Wildman–Crippen LogP) is 6.22. The van der Waals surface area contributed by atoms with Gasteiger partial charge in [0.05, 0.1) is 25.3 Å². The minimum Gasteiger partial charge on any atom is -0.496 e. The van der Waals surface area contributed by atoms with E-state index in [1.54, 1.807) is 7.11 Å². The van der Waals surface area contributed by atoms with Crippen LogP contribution in [-0.2, 0) is 11.3 Å². The second-order valence-electron chi connectivity index (χ2n) is 7.57. The lowest BCUT2D eigenvalue weighted by Crippen LogP contribution is -2.25. The first kappa shape index (κ1) is 26.8. The van der Waals surface area contributed by atoms with Crippen LogP contribution in [0.4, 0.5) is 0 Å². The van der Waals surface area contributed by atoms with Crippen LogP contribution in [0.5, 0.6) is 5.75 Å². The molecule has 0 saturated heterocycles. The maximum atomic E-state index is 9.82. The number of hydrogen-bond donors (Lipinski definition) is 1. The fraction of sp³-hybridized carbons (Fsp3) is 0.407. The van der Waals surface area contributed by atoms with Crippen LogP contribution >= 0.6 is 0 Å². The molecule has 3 aromatic rings. The molecule has 0 radical (unpaired) electrons. The normalized spacial score (nSPS) is 9.81. The number of aryl methyl sites for hydroxylation is 1. The summed E-state index contributed by atoms with van der Waals surface area (Å²) in [7, 11) is 1.69. The van der Waals surface area contributed by atoms with E-state index in [2.05, 4.69) is 62.7 Å². The molecular weight excluding hydrogens is 398 g/mol. The number of nitrogens with one attached hydrogen (secondary N) is 1. The highest BCUT2D eigenvalue weighted by Crippen LogP contribution is 2.25. The van der Waals surface area contributed by atoms with Gasteiger partial charge in [0.25, 0.3) is 0 Å². The Hall–Kier alpha value is -3.26. The summed E-state index contributed by atoms with van der Waals surface area (Å²) in [5.74, 6) is 0.896. The first-order valence-electron chi connectivity index (χ1n) is 11.3. The minimum absolute atomic E-state index is 0.382. The van der Waals surface area contributed by atoms with Crippen LogP contribution < -0.4 is 10.1 Å². The molecule has 0 fully saturated rings. The van der Waals surface area contributed by atoms with Crippen molar-refractivity contribution >= 4 is 17.3 Å². The van der Waals surface area contributed by atoms with E-state index in [1.165, 1.54) is 12.1 Å². The molecule has 2 aromatic carbocycles. The summed E-state index contributed by atoms with van der Waals surface area (Å²) in [5, 5.41) is 12.8. The number of ether oxygens (including phenoxy) is 1. The number of benzene rings is 2. The van der Waals surface area contributed by atoms with E-state index in [-0.39, 0.29) is 0 Å². The Balaban J connectivity index is 0.000000392. The van der Waals surface area contributed by atoms with E-state index in [0.717, 1.165) is 48.0 Å². The van der Waals surface area contributed by atoms with Gasteiger partial charge in [0.1, 0.15) is 5.75 Å². The van der Waals surface area contributed by atoms with Crippen LogP contribution in [0.25, 0.3) is 10.9 Å². The highest BCUT2D eigenvalue weighted by atomic mass is 16.5. The van der Waals surface area contributed by atoms with Gasteiger partial charge in [-0.15, -0.1) is 0 Å². The lowest BCUT2D eigenvalue weighted by molar-refractivity contribution is -0.110. The highest BCUT2D eigenvalue weighted by Gasteiger charge is 2.09. The van der Waals surface area contributed by atoms with Crippen molar-refractivity contribution in [1.82, 2.24) is 9.88 Å². The molecule has 0 aliphatic rings. The Morgan fingerprint density at radius 3 is 2.28 bits per heavy atom. The number of hydrogen-bond acceptors (Lipinski definition) is 3. The minimum atomic E-state index is 0.382. The largest absolute Gasteiger partial charge is 0.496 e. The van der Waals surface area contributed by atoms with Crippen molar-refractivity contribution < 1.29 is 9.53 Å². The molecule has 1 aromatic heterocycles. The molecule has 0 unspecified atom stereocenters. The summed E-state index contributed by atoms with van der Waals surface area (Å²) in [6.07, 6.45) is 4.06. The predicted molar refractivity (Wildman–Crippen MR) is 133 cm³/mol. The van der Waals surface area contributed by atoms with Crippen molar-refractivity contribution in [3.63, 3.8) is 0 Å². The van der Waals surface area contributed by atoms with Gasteiger partial charge in [-0.25, -0.2) is 0 Å². The Labute approximate surface area is 193 Å². The van der Waals surface area contributed by atoms with Gasteiger partial charge in [-0.2, -0.15) is 5.26 Å². The molecule has 0 aliphatic carbocycles. The summed E-state index contributed by atoms with van der Waals surface area (Å²) in [6.45, 7) is 11.2. The van der Waals surface area contributed by atoms with Crippen LogP contribution in [0.3, 0.4) is 0 Å². The van der Waals surface area contributed by atoms with E-state index in [1.807, 2.05) is 36.4 Å². The molecule has 0 bridgehead atoms. The molecule has 0 saturated carbocycles. The molecule has 5 nitrogen and oxygen atoms in total. The fourth-order valence-electron chi connectivity index (χ4n) is 3.31. The molecule has 32 heavy (non-hydrogen) atoms. The SMILES string of the molecule is CCC.CCC(CC)NC=O.COc1ccccc1Cn1c(C)cc2cc(C#N)ccc21. The van der Waals surface area contributed by atoms with E-state index in [9.17, 15) is 4.79 Å². The lowest BCUT2D eigenvalue weighted by Gasteiger charge is -2.12. The van der Waals surface area contributed by atoms with Crippen molar-refractivity contribution in [3.8, 4) is 11.8 Å². The third kappa shape index (κ3) is 7.77. The molecular formula is C27H37N3O2. The number of nitrogens with zero attached hydrogens (tertiary/aromatic N) is 2. The molecule has 1 amide bonds. The van der Waals surface area contributed by atoms with Crippen molar-refractivity contribution in [1.29, 1.82) is 5.26 Å². The van der Waals surface area contributed by atoms with Crippen molar-refractivity contribution in [2.75, 3.05) is 7.11 Å². The third-order valence-electron chi connectivity index (χ3n) is 5.05.